The van der Waals surface area contributed by atoms with Gasteiger partial charge in [-0.2, -0.15) is 0 Å². The number of aromatic amines is 1. The summed E-state index contributed by atoms with van der Waals surface area (Å²) in [6.45, 7) is 14.8. The topological polar surface area (TPSA) is 45.4 Å². The van der Waals surface area contributed by atoms with Crippen LogP contribution in [0.2, 0.25) is 0 Å². The van der Waals surface area contributed by atoms with Gasteiger partial charge < -0.3 is 4.98 Å². The van der Waals surface area contributed by atoms with Crippen molar-refractivity contribution in [2.45, 2.75) is 20.8 Å². The van der Waals surface area contributed by atoms with Crippen molar-refractivity contribution in [3.8, 4) is 11.3 Å². The maximum absolute atomic E-state index is 5.18. The summed E-state index contributed by atoms with van der Waals surface area (Å²) < 4.78 is 2.23. The number of amidine groups is 1. The number of H-pyrrole nitrogens is 1. The van der Waals surface area contributed by atoms with Gasteiger partial charge in [0, 0.05) is 22.3 Å². The van der Waals surface area contributed by atoms with Crippen LogP contribution in [0.5, 0.6) is 0 Å². The number of hydrogen-bond acceptors (Lipinski definition) is 1. The Morgan fingerprint density at radius 1 is 0.767 bits per heavy atom. The van der Waals surface area contributed by atoms with Crippen LogP contribution in [0.15, 0.2) is 132 Å². The summed E-state index contributed by atoms with van der Waals surface area (Å²) in [5.74, 6) is 1.41. The van der Waals surface area contributed by atoms with Crippen LogP contribution in [0.3, 0.4) is 0 Å². The van der Waals surface area contributed by atoms with Crippen LogP contribution in [-0.4, -0.2) is 21.2 Å². The second kappa shape index (κ2) is 11.8. The first-order chi connectivity index (χ1) is 20.9. The SMILES string of the molecule is C=C(N=C(N=C(C)n1c(/C=c2/ccccc2=C)c(C)c2cc(-c3ccc(C)[nH]3)ccc21)c1ccccc1)c1ccccc1. The summed E-state index contributed by atoms with van der Waals surface area (Å²) >= 11 is 0. The van der Waals surface area contributed by atoms with E-state index >= 15 is 0 Å². The molecule has 0 fully saturated rings. The lowest BCUT2D eigenvalue weighted by Crippen LogP contribution is -2.23. The number of benzene rings is 4. The zero-order valence-electron chi connectivity index (χ0n) is 24.8. The van der Waals surface area contributed by atoms with Crippen LogP contribution in [-0.2, 0) is 0 Å². The van der Waals surface area contributed by atoms with E-state index in [1.165, 1.54) is 10.9 Å². The first-order valence-electron chi connectivity index (χ1n) is 14.4. The minimum atomic E-state index is 0.605. The van der Waals surface area contributed by atoms with Crippen molar-refractivity contribution in [2.24, 2.45) is 9.98 Å². The van der Waals surface area contributed by atoms with E-state index in [1.807, 2.05) is 85.8 Å². The predicted molar refractivity (Wildman–Crippen MR) is 183 cm³/mol. The van der Waals surface area contributed by atoms with Crippen LogP contribution in [0.1, 0.15) is 35.0 Å². The zero-order chi connectivity index (χ0) is 29.9. The molecule has 4 nitrogen and oxygen atoms in total. The highest BCUT2D eigenvalue weighted by Crippen LogP contribution is 2.31. The molecule has 4 heteroatoms. The van der Waals surface area contributed by atoms with Crippen molar-refractivity contribution in [1.29, 1.82) is 0 Å². The highest BCUT2D eigenvalue weighted by Gasteiger charge is 2.17. The normalized spacial score (nSPS) is 12.7. The minimum absolute atomic E-state index is 0.605. The second-order valence-corrected chi connectivity index (χ2v) is 10.7. The first kappa shape index (κ1) is 27.7. The first-order valence-corrected chi connectivity index (χ1v) is 14.4. The van der Waals surface area contributed by atoms with Crippen molar-refractivity contribution >= 4 is 40.9 Å². The summed E-state index contributed by atoms with van der Waals surface area (Å²) in [5, 5.41) is 3.21. The Balaban J connectivity index is 1.58. The van der Waals surface area contributed by atoms with Gasteiger partial charge >= 0.3 is 0 Å². The minimum Gasteiger partial charge on any atom is -0.359 e. The molecule has 4 aromatic carbocycles. The molecule has 0 bridgehead atoms. The summed E-state index contributed by atoms with van der Waals surface area (Å²) in [5.41, 5.74) is 9.23. The van der Waals surface area contributed by atoms with E-state index in [9.17, 15) is 0 Å². The number of rotatable bonds is 5. The molecule has 210 valence electrons. The van der Waals surface area contributed by atoms with Crippen molar-refractivity contribution in [1.82, 2.24) is 9.55 Å². The third-order valence-electron chi connectivity index (χ3n) is 7.73. The largest absolute Gasteiger partial charge is 0.359 e. The van der Waals surface area contributed by atoms with Gasteiger partial charge in [-0.15, -0.1) is 0 Å². The Hall–Kier alpha value is -5.48. The number of aryl methyl sites for hydroxylation is 2. The van der Waals surface area contributed by atoms with Gasteiger partial charge in [-0.1, -0.05) is 104 Å². The maximum atomic E-state index is 5.18. The molecule has 6 rings (SSSR count). The highest BCUT2D eigenvalue weighted by atomic mass is 15.1. The molecule has 0 radical (unpaired) electrons. The van der Waals surface area contributed by atoms with Crippen LogP contribution in [0, 0.1) is 13.8 Å². The molecule has 0 saturated heterocycles. The van der Waals surface area contributed by atoms with Crippen molar-refractivity contribution < 1.29 is 0 Å². The number of fused-ring (bicyclic) bond motifs is 1. The molecule has 6 aromatic rings. The van der Waals surface area contributed by atoms with Crippen LogP contribution >= 0.6 is 0 Å². The number of aliphatic imine (C=N–C) groups is 2. The number of aromatic nitrogens is 2. The fraction of sp³-hybridized carbons (Fsp3) is 0.0769. The quantitative estimate of drug-likeness (QED) is 0.165. The molecule has 2 heterocycles. The molecule has 0 amide bonds. The Labute approximate surface area is 252 Å². The summed E-state index contributed by atoms with van der Waals surface area (Å²) in [4.78, 5) is 13.6. The predicted octanol–water partition coefficient (Wildman–Crippen LogP) is 7.88. The molecule has 0 unspecified atom stereocenters. The van der Waals surface area contributed by atoms with E-state index in [2.05, 4.69) is 79.0 Å². The fourth-order valence-corrected chi connectivity index (χ4v) is 5.42. The van der Waals surface area contributed by atoms with E-state index < -0.39 is 0 Å². The summed E-state index contributed by atoms with van der Waals surface area (Å²) in [7, 11) is 0. The van der Waals surface area contributed by atoms with Gasteiger partial charge in [0.25, 0.3) is 0 Å². The Morgan fingerprint density at radius 2 is 1.44 bits per heavy atom. The molecule has 1 N–H and O–H groups in total. The van der Waals surface area contributed by atoms with E-state index in [0.29, 0.717) is 11.5 Å². The Bertz CT molecular complexity index is 2120. The van der Waals surface area contributed by atoms with E-state index in [-0.39, 0.29) is 0 Å². The molecule has 0 aliphatic carbocycles. The molecular weight excluding hydrogens is 524 g/mol. The van der Waals surface area contributed by atoms with E-state index in [4.69, 9.17) is 9.98 Å². The monoisotopic (exact) mass is 558 g/mol. The molecule has 0 saturated carbocycles. The summed E-state index contributed by atoms with van der Waals surface area (Å²) in [6.07, 6.45) is 2.21. The second-order valence-electron chi connectivity index (χ2n) is 10.7. The lowest BCUT2D eigenvalue weighted by molar-refractivity contribution is 1.15. The van der Waals surface area contributed by atoms with Gasteiger partial charge in [0.1, 0.15) is 5.84 Å². The average Bonchev–Trinajstić information content (AvgIpc) is 3.59. The van der Waals surface area contributed by atoms with Gasteiger partial charge in [-0.05, 0) is 78.2 Å². The zero-order valence-corrected chi connectivity index (χ0v) is 24.8. The van der Waals surface area contributed by atoms with Crippen molar-refractivity contribution in [2.75, 3.05) is 0 Å². The Kier molecular flexibility index (Phi) is 7.59. The number of nitrogens with zero attached hydrogens (tertiary/aromatic N) is 3. The molecule has 0 aliphatic heterocycles. The number of nitrogens with one attached hydrogen (secondary N) is 1. The molecule has 0 aliphatic rings. The highest BCUT2D eigenvalue weighted by molar-refractivity contribution is 6.10. The number of hydrogen-bond donors (Lipinski definition) is 1. The van der Waals surface area contributed by atoms with E-state index in [1.54, 1.807) is 0 Å². The van der Waals surface area contributed by atoms with E-state index in [0.717, 1.165) is 55.6 Å². The molecule has 43 heavy (non-hydrogen) atoms. The van der Waals surface area contributed by atoms with Crippen LogP contribution in [0.25, 0.3) is 40.5 Å². The smallest absolute Gasteiger partial charge is 0.161 e. The lowest BCUT2D eigenvalue weighted by Gasteiger charge is -2.11. The molecule has 2 aromatic heterocycles. The van der Waals surface area contributed by atoms with Crippen LogP contribution in [0.4, 0.5) is 0 Å². The molecule has 0 spiro atoms. The third-order valence-corrected chi connectivity index (χ3v) is 7.73. The van der Waals surface area contributed by atoms with Gasteiger partial charge in [-0.25, -0.2) is 9.98 Å². The fourth-order valence-electron chi connectivity index (χ4n) is 5.42. The van der Waals surface area contributed by atoms with Crippen LogP contribution < -0.4 is 10.4 Å². The maximum Gasteiger partial charge on any atom is 0.161 e. The molecular formula is C39H34N4. The third kappa shape index (κ3) is 5.68. The Morgan fingerprint density at radius 3 is 2.12 bits per heavy atom. The van der Waals surface area contributed by atoms with Gasteiger partial charge in [0.15, 0.2) is 5.84 Å². The van der Waals surface area contributed by atoms with Crippen molar-refractivity contribution in [3.63, 3.8) is 0 Å². The molecule has 0 atom stereocenters. The van der Waals surface area contributed by atoms with Gasteiger partial charge in [0.2, 0.25) is 0 Å². The standard InChI is InChI=1S/C39H34N4/c1-26-14-12-13-19-33(26)25-38-28(3)35-24-34(36-22-20-27(2)40-36)21-23-37(35)43(38)30(5)42-39(32-17-10-7-11-18-32)41-29(4)31-15-8-6-9-16-31/h6-25,40H,1,4H2,2-3,5H3/b33-25-,41-39?,42-30?. The average molecular weight is 559 g/mol. The van der Waals surface area contributed by atoms with Gasteiger partial charge in [0.05, 0.1) is 16.9 Å². The van der Waals surface area contributed by atoms with Crippen molar-refractivity contribution in [3.05, 3.63) is 160 Å². The van der Waals surface area contributed by atoms with Gasteiger partial charge in [-0.3, -0.25) is 4.57 Å². The lowest BCUT2D eigenvalue weighted by atomic mass is 10.1. The summed E-state index contributed by atoms with van der Waals surface area (Å²) in [6, 6.07) is 39.1.